The standard InChI is InChI=1S/C15H21N3O/c1-19-13-5-12(16)17-14(18-13)15-6-9-2-10(7-15)4-11(3-9)8-15/h5,9-11H,2-4,6-8H2,1H3,(H2,16,17,18). The largest absolute Gasteiger partial charge is 0.481 e. The highest BCUT2D eigenvalue weighted by molar-refractivity contribution is 5.35. The number of hydrogen-bond acceptors (Lipinski definition) is 4. The minimum absolute atomic E-state index is 0.192. The Morgan fingerprint density at radius 3 is 2.21 bits per heavy atom. The van der Waals surface area contributed by atoms with Crippen LogP contribution in [0.15, 0.2) is 6.07 Å². The van der Waals surface area contributed by atoms with Crippen molar-refractivity contribution in [1.82, 2.24) is 9.97 Å². The zero-order valence-corrected chi connectivity index (χ0v) is 11.4. The lowest BCUT2D eigenvalue weighted by atomic mass is 9.49. The minimum atomic E-state index is 0.192. The highest BCUT2D eigenvalue weighted by Gasteiger charge is 2.53. The van der Waals surface area contributed by atoms with Gasteiger partial charge in [0, 0.05) is 11.5 Å². The van der Waals surface area contributed by atoms with Crippen LogP contribution in [0.2, 0.25) is 0 Å². The summed E-state index contributed by atoms with van der Waals surface area (Å²) in [6.07, 6.45) is 8.05. The van der Waals surface area contributed by atoms with E-state index < -0.39 is 0 Å². The molecule has 2 N–H and O–H groups in total. The third kappa shape index (κ3) is 1.72. The summed E-state index contributed by atoms with van der Waals surface area (Å²) in [5.41, 5.74) is 6.11. The van der Waals surface area contributed by atoms with Gasteiger partial charge in [-0.3, -0.25) is 0 Å². The summed E-state index contributed by atoms with van der Waals surface area (Å²) in [5.74, 6) is 4.77. The van der Waals surface area contributed by atoms with Gasteiger partial charge in [-0.2, -0.15) is 4.98 Å². The number of nitrogen functional groups attached to an aromatic ring is 1. The van der Waals surface area contributed by atoms with Crippen molar-refractivity contribution in [3.05, 3.63) is 11.9 Å². The number of nitrogens with two attached hydrogens (primary N) is 1. The fourth-order valence-corrected chi connectivity index (χ4v) is 5.17. The van der Waals surface area contributed by atoms with Gasteiger partial charge in [-0.25, -0.2) is 4.98 Å². The molecular weight excluding hydrogens is 238 g/mol. The van der Waals surface area contributed by atoms with E-state index in [2.05, 4.69) is 9.97 Å². The van der Waals surface area contributed by atoms with Crippen molar-refractivity contribution in [3.8, 4) is 5.88 Å². The minimum Gasteiger partial charge on any atom is -0.481 e. The maximum Gasteiger partial charge on any atom is 0.218 e. The van der Waals surface area contributed by atoms with Gasteiger partial charge < -0.3 is 10.5 Å². The number of anilines is 1. The molecule has 0 aliphatic heterocycles. The highest BCUT2D eigenvalue weighted by Crippen LogP contribution is 2.60. The molecule has 4 heteroatoms. The molecule has 0 atom stereocenters. The molecule has 0 unspecified atom stereocenters. The van der Waals surface area contributed by atoms with Crippen LogP contribution >= 0.6 is 0 Å². The van der Waals surface area contributed by atoms with Crippen molar-refractivity contribution in [1.29, 1.82) is 0 Å². The van der Waals surface area contributed by atoms with Crippen LogP contribution in [-0.2, 0) is 5.41 Å². The highest BCUT2D eigenvalue weighted by atomic mass is 16.5. The Hall–Kier alpha value is -1.32. The van der Waals surface area contributed by atoms with Crippen molar-refractivity contribution < 1.29 is 4.74 Å². The molecule has 0 spiro atoms. The maximum atomic E-state index is 5.92. The molecular formula is C15H21N3O. The lowest BCUT2D eigenvalue weighted by molar-refractivity contribution is -0.00956. The van der Waals surface area contributed by atoms with E-state index in [9.17, 15) is 0 Å². The second-order valence-corrected chi connectivity index (χ2v) is 6.86. The van der Waals surface area contributed by atoms with Crippen molar-refractivity contribution in [3.63, 3.8) is 0 Å². The van der Waals surface area contributed by atoms with Crippen LogP contribution in [0.5, 0.6) is 5.88 Å². The quantitative estimate of drug-likeness (QED) is 0.886. The topological polar surface area (TPSA) is 61.0 Å². The van der Waals surface area contributed by atoms with E-state index in [1.54, 1.807) is 13.2 Å². The molecule has 4 fully saturated rings. The van der Waals surface area contributed by atoms with Crippen molar-refractivity contribution >= 4 is 5.82 Å². The molecule has 0 aromatic carbocycles. The average Bonchev–Trinajstić information content (AvgIpc) is 2.36. The second kappa shape index (κ2) is 3.84. The molecule has 0 radical (unpaired) electrons. The molecule has 102 valence electrons. The van der Waals surface area contributed by atoms with E-state index >= 15 is 0 Å². The van der Waals surface area contributed by atoms with Gasteiger partial charge in [0.15, 0.2) is 0 Å². The SMILES string of the molecule is COc1cc(N)nc(C23CC4CC(CC(C4)C2)C3)n1. The van der Waals surface area contributed by atoms with Crippen LogP contribution in [-0.4, -0.2) is 17.1 Å². The summed E-state index contributed by atoms with van der Waals surface area (Å²) in [6.45, 7) is 0. The number of rotatable bonds is 2. The summed E-state index contributed by atoms with van der Waals surface area (Å²) < 4.78 is 5.27. The third-order valence-electron chi connectivity index (χ3n) is 5.44. The van der Waals surface area contributed by atoms with Crippen LogP contribution in [0.3, 0.4) is 0 Å². The monoisotopic (exact) mass is 259 g/mol. The fourth-order valence-electron chi connectivity index (χ4n) is 5.17. The molecule has 4 aliphatic rings. The number of ether oxygens (including phenoxy) is 1. The Morgan fingerprint density at radius 2 is 1.68 bits per heavy atom. The van der Waals surface area contributed by atoms with Gasteiger partial charge in [-0.15, -0.1) is 0 Å². The van der Waals surface area contributed by atoms with Gasteiger partial charge in [0.1, 0.15) is 11.6 Å². The van der Waals surface area contributed by atoms with E-state index in [4.69, 9.17) is 10.5 Å². The van der Waals surface area contributed by atoms with E-state index in [1.807, 2.05) is 0 Å². The van der Waals surface area contributed by atoms with Crippen LogP contribution < -0.4 is 10.5 Å². The normalized spacial score (nSPS) is 39.5. The van der Waals surface area contributed by atoms with Crippen molar-refractivity contribution in [2.75, 3.05) is 12.8 Å². The lowest BCUT2D eigenvalue weighted by Gasteiger charge is -2.55. The Balaban J connectivity index is 1.77. The number of hydrogen-bond donors (Lipinski definition) is 1. The Morgan fingerprint density at radius 1 is 1.11 bits per heavy atom. The van der Waals surface area contributed by atoms with Gasteiger partial charge in [0.05, 0.1) is 7.11 Å². The average molecular weight is 259 g/mol. The molecule has 5 rings (SSSR count). The fraction of sp³-hybridized carbons (Fsp3) is 0.733. The predicted octanol–water partition coefficient (Wildman–Crippen LogP) is 2.54. The Bertz CT molecular complexity index is 479. The van der Waals surface area contributed by atoms with Gasteiger partial charge in [0.25, 0.3) is 0 Å². The van der Waals surface area contributed by atoms with E-state index in [0.29, 0.717) is 11.7 Å². The first kappa shape index (κ1) is 11.5. The molecule has 4 saturated carbocycles. The number of nitrogens with zero attached hydrogens (tertiary/aromatic N) is 2. The van der Waals surface area contributed by atoms with Crippen LogP contribution in [0.25, 0.3) is 0 Å². The maximum absolute atomic E-state index is 5.92. The zero-order valence-electron chi connectivity index (χ0n) is 11.4. The molecule has 4 bridgehead atoms. The Labute approximate surface area is 113 Å². The molecule has 4 aliphatic carbocycles. The van der Waals surface area contributed by atoms with Gasteiger partial charge >= 0.3 is 0 Å². The van der Waals surface area contributed by atoms with E-state index in [1.165, 1.54) is 38.5 Å². The van der Waals surface area contributed by atoms with Crippen LogP contribution in [0, 0.1) is 17.8 Å². The predicted molar refractivity (Wildman–Crippen MR) is 72.8 cm³/mol. The first-order valence-electron chi connectivity index (χ1n) is 7.36. The zero-order chi connectivity index (χ0) is 13.0. The third-order valence-corrected chi connectivity index (χ3v) is 5.44. The summed E-state index contributed by atoms with van der Waals surface area (Å²) in [7, 11) is 1.64. The van der Waals surface area contributed by atoms with Gasteiger partial charge in [-0.05, 0) is 56.3 Å². The summed E-state index contributed by atoms with van der Waals surface area (Å²) >= 11 is 0. The second-order valence-electron chi connectivity index (χ2n) is 6.86. The number of aromatic nitrogens is 2. The van der Waals surface area contributed by atoms with Crippen LogP contribution in [0.1, 0.15) is 44.3 Å². The van der Waals surface area contributed by atoms with Crippen LogP contribution in [0.4, 0.5) is 5.82 Å². The molecule has 1 heterocycles. The summed E-state index contributed by atoms with van der Waals surface area (Å²) in [5, 5.41) is 0. The molecule has 0 amide bonds. The van der Waals surface area contributed by atoms with Crippen molar-refractivity contribution in [2.24, 2.45) is 17.8 Å². The number of methoxy groups -OCH3 is 1. The molecule has 1 aromatic heterocycles. The Kier molecular flexibility index (Phi) is 2.32. The molecule has 0 saturated heterocycles. The first-order valence-corrected chi connectivity index (χ1v) is 7.36. The van der Waals surface area contributed by atoms with Gasteiger partial charge in [0.2, 0.25) is 5.88 Å². The molecule has 1 aromatic rings. The van der Waals surface area contributed by atoms with Crippen molar-refractivity contribution in [2.45, 2.75) is 43.9 Å². The van der Waals surface area contributed by atoms with E-state index in [0.717, 1.165) is 23.6 Å². The first-order chi connectivity index (χ1) is 9.17. The molecule has 19 heavy (non-hydrogen) atoms. The van der Waals surface area contributed by atoms with E-state index in [-0.39, 0.29) is 5.41 Å². The smallest absolute Gasteiger partial charge is 0.218 e. The lowest BCUT2D eigenvalue weighted by Crippen LogP contribution is -2.49. The molecule has 4 nitrogen and oxygen atoms in total. The van der Waals surface area contributed by atoms with Gasteiger partial charge in [-0.1, -0.05) is 0 Å². The summed E-state index contributed by atoms with van der Waals surface area (Å²) in [4.78, 5) is 9.19. The summed E-state index contributed by atoms with van der Waals surface area (Å²) in [6, 6.07) is 1.71.